The van der Waals surface area contributed by atoms with Crippen molar-refractivity contribution >= 4 is 15.7 Å². The number of nitrogens with two attached hydrogens (primary N) is 1. The average molecular weight is 276 g/mol. The van der Waals surface area contributed by atoms with Crippen molar-refractivity contribution in [3.8, 4) is 0 Å². The molecule has 0 unspecified atom stereocenters. The molecular weight excluding hydrogens is 262 g/mol. The average Bonchev–Trinajstić information content (AvgIpc) is 2.31. The first-order valence-electron chi connectivity index (χ1n) is 5.24. The van der Waals surface area contributed by atoms with Gasteiger partial charge in [-0.25, -0.2) is 21.9 Å². The van der Waals surface area contributed by atoms with Gasteiger partial charge in [-0.2, -0.15) is 0 Å². The van der Waals surface area contributed by atoms with E-state index >= 15 is 0 Å². The molecule has 7 heteroatoms. The molecule has 4 nitrogen and oxygen atoms in total. The first-order chi connectivity index (χ1) is 8.40. The van der Waals surface area contributed by atoms with Gasteiger partial charge in [0.2, 0.25) is 10.0 Å². The van der Waals surface area contributed by atoms with E-state index in [1.54, 1.807) is 19.1 Å². The van der Waals surface area contributed by atoms with Crippen LogP contribution in [0.2, 0.25) is 0 Å². The minimum atomic E-state index is -4.02. The topological polar surface area (TPSA) is 72.2 Å². The first kappa shape index (κ1) is 14.6. The Balaban J connectivity index is 2.95. The van der Waals surface area contributed by atoms with Crippen LogP contribution >= 0.6 is 0 Å². The van der Waals surface area contributed by atoms with E-state index < -0.39 is 32.2 Å². The molecule has 0 atom stereocenters. The van der Waals surface area contributed by atoms with E-state index in [0.29, 0.717) is 6.42 Å². The second-order valence-electron chi connectivity index (χ2n) is 3.53. The maximum Gasteiger partial charge on any atom is 0.243 e. The van der Waals surface area contributed by atoms with Crippen molar-refractivity contribution in [1.29, 1.82) is 0 Å². The number of benzene rings is 1. The molecule has 3 N–H and O–H groups in total. The highest BCUT2D eigenvalue weighted by molar-refractivity contribution is 7.89. The summed E-state index contributed by atoms with van der Waals surface area (Å²) < 4.78 is 52.1. The summed E-state index contributed by atoms with van der Waals surface area (Å²) in [4.78, 5) is -0.651. The fourth-order valence-corrected chi connectivity index (χ4v) is 2.41. The minimum Gasteiger partial charge on any atom is -0.394 e. The second kappa shape index (κ2) is 5.92. The highest BCUT2D eigenvalue weighted by Gasteiger charge is 2.21. The number of nitrogen functional groups attached to an aromatic ring is 1. The van der Waals surface area contributed by atoms with Crippen molar-refractivity contribution in [1.82, 2.24) is 4.72 Å². The lowest BCUT2D eigenvalue weighted by molar-refractivity contribution is 0.548. The molecule has 0 saturated heterocycles. The van der Waals surface area contributed by atoms with Crippen LogP contribution in [0.15, 0.2) is 29.2 Å². The molecule has 0 aliphatic rings. The van der Waals surface area contributed by atoms with Crippen LogP contribution in [0.3, 0.4) is 0 Å². The van der Waals surface area contributed by atoms with E-state index in [2.05, 4.69) is 4.72 Å². The summed E-state index contributed by atoms with van der Waals surface area (Å²) >= 11 is 0. The summed E-state index contributed by atoms with van der Waals surface area (Å²) in [5, 5.41) is 0. The van der Waals surface area contributed by atoms with E-state index in [9.17, 15) is 17.2 Å². The molecule has 0 heterocycles. The van der Waals surface area contributed by atoms with Gasteiger partial charge < -0.3 is 5.73 Å². The third-order valence-electron chi connectivity index (χ3n) is 2.22. The molecule has 0 aliphatic carbocycles. The monoisotopic (exact) mass is 276 g/mol. The van der Waals surface area contributed by atoms with Gasteiger partial charge in [0, 0.05) is 6.54 Å². The molecule has 0 bridgehead atoms. The Hall–Kier alpha value is -1.47. The van der Waals surface area contributed by atoms with Crippen LogP contribution in [0.4, 0.5) is 14.5 Å². The van der Waals surface area contributed by atoms with Crippen LogP contribution in [0.25, 0.3) is 0 Å². The Morgan fingerprint density at radius 2 is 2.06 bits per heavy atom. The third kappa shape index (κ3) is 3.27. The SMILES string of the molecule is C/C=C/CCNS(=O)(=O)c1ccc(F)c(N)c1F. The normalized spacial score (nSPS) is 12.2. The summed E-state index contributed by atoms with van der Waals surface area (Å²) in [7, 11) is -4.02. The maximum atomic E-state index is 13.5. The molecule has 0 fully saturated rings. The standard InChI is InChI=1S/C11H14F2N2O2S/c1-2-3-4-7-15-18(16,17)9-6-5-8(12)11(14)10(9)13/h2-3,5-6,15H,4,7,14H2,1H3/b3-2+. The van der Waals surface area contributed by atoms with Gasteiger partial charge in [-0.3, -0.25) is 0 Å². The lowest BCUT2D eigenvalue weighted by atomic mass is 10.3. The highest BCUT2D eigenvalue weighted by Crippen LogP contribution is 2.22. The number of rotatable bonds is 5. The van der Waals surface area contributed by atoms with Crippen molar-refractivity contribution in [3.05, 3.63) is 35.9 Å². The lowest BCUT2D eigenvalue weighted by Gasteiger charge is -2.08. The van der Waals surface area contributed by atoms with Gasteiger partial charge in [-0.15, -0.1) is 0 Å². The summed E-state index contributed by atoms with van der Waals surface area (Å²) in [6, 6.07) is 1.66. The predicted octanol–water partition coefficient (Wildman–Crippen LogP) is 1.79. The van der Waals surface area contributed by atoms with Crippen molar-refractivity contribution in [3.63, 3.8) is 0 Å². The maximum absolute atomic E-state index is 13.5. The van der Waals surface area contributed by atoms with Crippen molar-refractivity contribution < 1.29 is 17.2 Å². The largest absolute Gasteiger partial charge is 0.394 e. The molecule has 0 spiro atoms. The van der Waals surface area contributed by atoms with E-state index in [0.717, 1.165) is 12.1 Å². The van der Waals surface area contributed by atoms with Crippen LogP contribution in [-0.4, -0.2) is 15.0 Å². The molecule has 0 saturated carbocycles. The summed E-state index contributed by atoms with van der Waals surface area (Å²) in [6.07, 6.45) is 4.01. The Kier molecular flexibility index (Phi) is 4.80. The molecule has 1 aromatic carbocycles. The molecule has 0 aromatic heterocycles. The molecule has 100 valence electrons. The molecule has 1 aromatic rings. The van der Waals surface area contributed by atoms with Crippen molar-refractivity contribution in [2.24, 2.45) is 0 Å². The molecule has 0 amide bonds. The minimum absolute atomic E-state index is 0.128. The lowest BCUT2D eigenvalue weighted by Crippen LogP contribution is -2.25. The zero-order valence-electron chi connectivity index (χ0n) is 9.78. The van der Waals surface area contributed by atoms with E-state index in [1.165, 1.54) is 0 Å². The van der Waals surface area contributed by atoms with Crippen LogP contribution in [0, 0.1) is 11.6 Å². The van der Waals surface area contributed by atoms with Gasteiger partial charge >= 0.3 is 0 Å². The van der Waals surface area contributed by atoms with Gasteiger partial charge in [0.25, 0.3) is 0 Å². The third-order valence-corrected chi connectivity index (χ3v) is 3.70. The smallest absolute Gasteiger partial charge is 0.243 e. The molecule has 0 aliphatic heterocycles. The van der Waals surface area contributed by atoms with Gasteiger partial charge in [-0.05, 0) is 25.5 Å². The number of sulfonamides is 1. The van der Waals surface area contributed by atoms with Crippen LogP contribution in [0.5, 0.6) is 0 Å². The molecular formula is C11H14F2N2O2S. The van der Waals surface area contributed by atoms with E-state index in [-0.39, 0.29) is 6.54 Å². The number of hydrogen-bond acceptors (Lipinski definition) is 3. The van der Waals surface area contributed by atoms with Crippen LogP contribution < -0.4 is 10.5 Å². The van der Waals surface area contributed by atoms with Gasteiger partial charge in [-0.1, -0.05) is 12.2 Å². The predicted molar refractivity (Wildman–Crippen MR) is 65.4 cm³/mol. The van der Waals surface area contributed by atoms with E-state index in [4.69, 9.17) is 5.73 Å². The van der Waals surface area contributed by atoms with E-state index in [1.807, 2.05) is 0 Å². The number of hydrogen-bond donors (Lipinski definition) is 2. The first-order valence-corrected chi connectivity index (χ1v) is 6.72. The zero-order valence-corrected chi connectivity index (χ0v) is 10.6. The van der Waals surface area contributed by atoms with Crippen molar-refractivity contribution in [2.45, 2.75) is 18.2 Å². The number of nitrogens with one attached hydrogen (secondary N) is 1. The van der Waals surface area contributed by atoms with Crippen molar-refractivity contribution in [2.75, 3.05) is 12.3 Å². The number of allylic oxidation sites excluding steroid dienone is 1. The Morgan fingerprint density at radius 3 is 2.67 bits per heavy atom. The molecule has 0 radical (unpaired) electrons. The van der Waals surface area contributed by atoms with Gasteiger partial charge in [0.15, 0.2) is 5.82 Å². The summed E-state index contributed by atoms with van der Waals surface area (Å²) in [5.74, 6) is -2.26. The molecule has 18 heavy (non-hydrogen) atoms. The number of anilines is 1. The summed E-state index contributed by atoms with van der Waals surface area (Å²) in [6.45, 7) is 1.93. The van der Waals surface area contributed by atoms with Gasteiger partial charge in [0.1, 0.15) is 16.4 Å². The fourth-order valence-electron chi connectivity index (χ4n) is 1.28. The Labute approximate surface area is 105 Å². The quantitative estimate of drug-likeness (QED) is 0.489. The Bertz CT molecular complexity index is 556. The zero-order chi connectivity index (χ0) is 13.8. The van der Waals surface area contributed by atoms with Crippen LogP contribution in [0.1, 0.15) is 13.3 Å². The van der Waals surface area contributed by atoms with Gasteiger partial charge in [0.05, 0.1) is 0 Å². The Morgan fingerprint density at radius 1 is 1.39 bits per heavy atom. The summed E-state index contributed by atoms with van der Waals surface area (Å²) in [5.41, 5.74) is 4.30. The number of halogens is 2. The fraction of sp³-hybridized carbons (Fsp3) is 0.273. The second-order valence-corrected chi connectivity index (χ2v) is 5.26. The molecule has 1 rings (SSSR count). The van der Waals surface area contributed by atoms with Crippen LogP contribution in [-0.2, 0) is 10.0 Å². The highest BCUT2D eigenvalue weighted by atomic mass is 32.2.